The van der Waals surface area contributed by atoms with Crippen LogP contribution in [0.1, 0.15) is 19.3 Å². The predicted octanol–water partition coefficient (Wildman–Crippen LogP) is -4.48. The van der Waals surface area contributed by atoms with E-state index in [1.165, 1.54) is 0 Å². The molecule has 0 rings (SSSR count). The topological polar surface area (TPSA) is 251 Å². The molecule has 0 aliphatic carbocycles. The van der Waals surface area contributed by atoms with Crippen molar-refractivity contribution >= 4 is 48.2 Å². The summed E-state index contributed by atoms with van der Waals surface area (Å²) in [5.74, 6) is -6.95. The molecule has 0 aromatic heterocycles. The Kier molecular flexibility index (Phi) is 12.0. The molecule has 170 valence electrons. The van der Waals surface area contributed by atoms with Crippen LogP contribution in [0.15, 0.2) is 0 Å². The molecule has 0 fully saturated rings. The highest BCUT2D eigenvalue weighted by Gasteiger charge is 2.31. The van der Waals surface area contributed by atoms with Crippen molar-refractivity contribution in [2.75, 3.05) is 12.4 Å². The lowest BCUT2D eigenvalue weighted by molar-refractivity contribution is -0.144. The third kappa shape index (κ3) is 10.0. The second-order valence-electron chi connectivity index (χ2n) is 6.10. The summed E-state index contributed by atoms with van der Waals surface area (Å²) in [4.78, 5) is 69.6. The van der Waals surface area contributed by atoms with E-state index in [0.29, 0.717) is 0 Å². The van der Waals surface area contributed by atoms with Crippen molar-refractivity contribution in [2.45, 2.75) is 43.4 Å². The molecular weight excluding hydrogens is 426 g/mol. The highest BCUT2D eigenvalue weighted by Crippen LogP contribution is 2.02. The molecule has 10 N–H and O–H groups in total. The van der Waals surface area contributed by atoms with E-state index >= 15 is 0 Å². The molecule has 15 heteroatoms. The molecule has 0 aliphatic rings. The maximum atomic E-state index is 12.5. The molecule has 4 atom stereocenters. The number of carboxylic acids is 2. The first kappa shape index (κ1) is 27.1. The third-order valence-corrected chi connectivity index (χ3v) is 4.05. The van der Waals surface area contributed by atoms with Gasteiger partial charge >= 0.3 is 11.9 Å². The van der Waals surface area contributed by atoms with Crippen LogP contribution in [-0.4, -0.2) is 87.4 Å². The van der Waals surface area contributed by atoms with Crippen LogP contribution in [0.2, 0.25) is 0 Å². The molecule has 4 unspecified atom stereocenters. The van der Waals surface area contributed by atoms with Gasteiger partial charge in [-0.1, -0.05) is 0 Å². The molecule has 0 aliphatic heterocycles. The summed E-state index contributed by atoms with van der Waals surface area (Å²) in [5, 5.41) is 33.1. The average Bonchev–Trinajstić information content (AvgIpc) is 2.66. The SMILES string of the molecule is NC(=O)CCC(NC(=O)C(CC(=O)O)NC(=O)C(N)CS)C(=O)NC(CO)C(=O)O. The van der Waals surface area contributed by atoms with Crippen molar-refractivity contribution in [3.8, 4) is 0 Å². The van der Waals surface area contributed by atoms with Gasteiger partial charge in [-0.25, -0.2) is 4.79 Å². The summed E-state index contributed by atoms with van der Waals surface area (Å²) in [5.41, 5.74) is 10.5. The normalized spacial score (nSPS) is 14.5. The number of nitrogens with two attached hydrogens (primary N) is 2. The van der Waals surface area contributed by atoms with Crippen LogP contribution in [0.4, 0.5) is 0 Å². The number of hydrogen-bond donors (Lipinski definition) is 9. The number of amides is 4. The molecule has 0 aromatic carbocycles. The van der Waals surface area contributed by atoms with E-state index in [9.17, 15) is 28.8 Å². The molecule has 0 saturated heterocycles. The summed E-state index contributed by atoms with van der Waals surface area (Å²) >= 11 is 3.82. The lowest BCUT2D eigenvalue weighted by Crippen LogP contribution is -2.58. The first-order valence-electron chi connectivity index (χ1n) is 8.54. The first-order chi connectivity index (χ1) is 13.9. The van der Waals surface area contributed by atoms with E-state index in [0.717, 1.165) is 0 Å². The monoisotopic (exact) mass is 451 g/mol. The zero-order chi connectivity index (χ0) is 23.4. The van der Waals surface area contributed by atoms with Gasteiger partial charge in [0.1, 0.15) is 18.1 Å². The summed E-state index contributed by atoms with van der Waals surface area (Å²) in [6.07, 6.45) is -1.58. The van der Waals surface area contributed by atoms with Crippen LogP contribution in [0, 0.1) is 0 Å². The zero-order valence-electron chi connectivity index (χ0n) is 15.7. The number of aliphatic carboxylic acids is 2. The van der Waals surface area contributed by atoms with Gasteiger partial charge in [-0.05, 0) is 6.42 Å². The van der Waals surface area contributed by atoms with Crippen LogP contribution in [-0.2, 0) is 28.8 Å². The molecule has 0 heterocycles. The van der Waals surface area contributed by atoms with Gasteiger partial charge in [0.05, 0.1) is 19.1 Å². The van der Waals surface area contributed by atoms with Crippen LogP contribution in [0.5, 0.6) is 0 Å². The molecular formula is C15H25N5O9S. The summed E-state index contributed by atoms with van der Waals surface area (Å²) in [7, 11) is 0. The molecule has 4 amide bonds. The molecule has 30 heavy (non-hydrogen) atoms. The number of carbonyl (C=O) groups excluding carboxylic acids is 4. The van der Waals surface area contributed by atoms with Crippen molar-refractivity contribution in [1.29, 1.82) is 0 Å². The minimum atomic E-state index is -1.69. The highest BCUT2D eigenvalue weighted by molar-refractivity contribution is 7.80. The van der Waals surface area contributed by atoms with Crippen molar-refractivity contribution < 1.29 is 44.1 Å². The Labute approximate surface area is 176 Å². The molecule has 0 aromatic rings. The van der Waals surface area contributed by atoms with E-state index in [-0.39, 0.29) is 18.6 Å². The smallest absolute Gasteiger partial charge is 0.328 e. The summed E-state index contributed by atoms with van der Waals surface area (Å²) < 4.78 is 0. The van der Waals surface area contributed by atoms with Gasteiger partial charge in [0.25, 0.3) is 0 Å². The van der Waals surface area contributed by atoms with Crippen molar-refractivity contribution in [3.63, 3.8) is 0 Å². The van der Waals surface area contributed by atoms with Crippen molar-refractivity contribution in [3.05, 3.63) is 0 Å². The van der Waals surface area contributed by atoms with Crippen LogP contribution < -0.4 is 27.4 Å². The lowest BCUT2D eigenvalue weighted by Gasteiger charge is -2.24. The predicted molar refractivity (Wildman–Crippen MR) is 103 cm³/mol. The average molecular weight is 451 g/mol. The Hall–Kier alpha value is -2.91. The van der Waals surface area contributed by atoms with Gasteiger partial charge in [-0.3, -0.25) is 24.0 Å². The van der Waals surface area contributed by atoms with Gasteiger partial charge in [-0.15, -0.1) is 0 Å². The number of nitrogens with one attached hydrogen (secondary N) is 3. The Morgan fingerprint density at radius 2 is 1.37 bits per heavy atom. The minimum absolute atomic E-state index is 0.0887. The fourth-order valence-corrected chi connectivity index (χ4v) is 2.20. The van der Waals surface area contributed by atoms with Gasteiger partial charge in [0.15, 0.2) is 0 Å². The molecule has 14 nitrogen and oxygen atoms in total. The van der Waals surface area contributed by atoms with Gasteiger partial charge in [-0.2, -0.15) is 12.6 Å². The van der Waals surface area contributed by atoms with E-state index in [1.807, 2.05) is 5.32 Å². The molecule has 0 bridgehead atoms. The van der Waals surface area contributed by atoms with E-state index in [1.54, 1.807) is 0 Å². The third-order valence-electron chi connectivity index (χ3n) is 3.65. The fraction of sp³-hybridized carbons (Fsp3) is 0.600. The highest BCUT2D eigenvalue weighted by atomic mass is 32.1. The van der Waals surface area contributed by atoms with E-state index in [2.05, 4.69) is 23.3 Å². The zero-order valence-corrected chi connectivity index (χ0v) is 16.6. The first-order valence-corrected chi connectivity index (χ1v) is 9.17. The second-order valence-corrected chi connectivity index (χ2v) is 6.46. The Balaban J connectivity index is 5.45. The summed E-state index contributed by atoms with van der Waals surface area (Å²) in [6.45, 7) is -0.948. The Morgan fingerprint density at radius 1 is 0.867 bits per heavy atom. The van der Waals surface area contributed by atoms with Gasteiger partial charge in [0, 0.05) is 12.2 Å². The maximum Gasteiger partial charge on any atom is 0.328 e. The Bertz CT molecular complexity index is 675. The number of primary amides is 1. The number of aliphatic hydroxyl groups excluding tert-OH is 1. The maximum absolute atomic E-state index is 12.5. The van der Waals surface area contributed by atoms with Crippen LogP contribution >= 0.6 is 12.6 Å². The number of rotatable bonds is 14. The van der Waals surface area contributed by atoms with Crippen LogP contribution in [0.25, 0.3) is 0 Å². The van der Waals surface area contributed by atoms with Crippen molar-refractivity contribution in [2.24, 2.45) is 11.5 Å². The minimum Gasteiger partial charge on any atom is -0.481 e. The number of aliphatic hydroxyl groups is 1. The molecule has 0 saturated carbocycles. The largest absolute Gasteiger partial charge is 0.481 e. The number of hydrogen-bond acceptors (Lipinski definition) is 9. The van der Waals surface area contributed by atoms with Gasteiger partial charge < -0.3 is 42.7 Å². The van der Waals surface area contributed by atoms with Crippen molar-refractivity contribution in [1.82, 2.24) is 16.0 Å². The van der Waals surface area contributed by atoms with Gasteiger partial charge in [0.2, 0.25) is 23.6 Å². The lowest BCUT2D eigenvalue weighted by atomic mass is 10.1. The van der Waals surface area contributed by atoms with E-state index < -0.39 is 72.8 Å². The van der Waals surface area contributed by atoms with Crippen LogP contribution in [0.3, 0.4) is 0 Å². The number of carbonyl (C=O) groups is 6. The molecule has 0 radical (unpaired) electrons. The molecule has 0 spiro atoms. The second kappa shape index (κ2) is 13.3. The summed E-state index contributed by atoms with van der Waals surface area (Å²) in [6, 6.07) is -5.95. The quantitative estimate of drug-likeness (QED) is 0.114. The fourth-order valence-electron chi connectivity index (χ4n) is 2.03. The number of thiol groups is 1. The Morgan fingerprint density at radius 3 is 1.80 bits per heavy atom. The number of carboxylic acid groups (broad SMARTS) is 2. The standard InChI is InChI=1S/C15H25N5O9S/c16-6(5-30)12(25)19-8(3-11(23)24)14(27)18-7(1-2-10(17)22)13(26)20-9(4-21)15(28)29/h6-9,21,30H,1-5,16H2,(H2,17,22)(H,18,27)(H,19,25)(H,20,26)(H,23,24)(H,28,29). The van der Waals surface area contributed by atoms with E-state index in [4.69, 9.17) is 26.8 Å².